The summed E-state index contributed by atoms with van der Waals surface area (Å²) < 4.78 is 0. The van der Waals surface area contributed by atoms with Crippen LogP contribution in [-0.2, 0) is 0 Å². The SMILES string of the molecule is c1cncc(-c2ccnc3cccnc23)c1. The van der Waals surface area contributed by atoms with Crippen LogP contribution in [0.4, 0.5) is 0 Å². The molecule has 0 saturated heterocycles. The molecule has 3 aromatic heterocycles. The highest BCUT2D eigenvalue weighted by atomic mass is 14.7. The topological polar surface area (TPSA) is 38.7 Å². The van der Waals surface area contributed by atoms with Crippen molar-refractivity contribution in [2.24, 2.45) is 0 Å². The zero-order valence-corrected chi connectivity index (χ0v) is 8.54. The number of fused-ring (bicyclic) bond motifs is 1. The summed E-state index contributed by atoms with van der Waals surface area (Å²) in [7, 11) is 0. The highest BCUT2D eigenvalue weighted by Gasteiger charge is 2.04. The first-order valence-corrected chi connectivity index (χ1v) is 5.05. The smallest absolute Gasteiger partial charge is 0.0965 e. The van der Waals surface area contributed by atoms with Crippen LogP contribution in [-0.4, -0.2) is 15.0 Å². The molecule has 0 saturated carbocycles. The third-order valence-corrected chi connectivity index (χ3v) is 2.47. The zero-order chi connectivity index (χ0) is 10.8. The summed E-state index contributed by atoms with van der Waals surface area (Å²) in [6, 6.07) is 9.76. The van der Waals surface area contributed by atoms with Crippen LogP contribution in [0.25, 0.3) is 22.2 Å². The van der Waals surface area contributed by atoms with Crippen molar-refractivity contribution in [3.63, 3.8) is 0 Å². The molecule has 0 N–H and O–H groups in total. The van der Waals surface area contributed by atoms with Gasteiger partial charge in [-0.05, 0) is 24.3 Å². The number of hydrogen-bond donors (Lipinski definition) is 0. The van der Waals surface area contributed by atoms with Gasteiger partial charge in [-0.2, -0.15) is 0 Å². The normalized spacial score (nSPS) is 10.5. The fraction of sp³-hybridized carbons (Fsp3) is 0. The third kappa shape index (κ3) is 1.42. The maximum Gasteiger partial charge on any atom is 0.0965 e. The van der Waals surface area contributed by atoms with Crippen LogP contribution in [0, 0.1) is 0 Å². The molecule has 3 heteroatoms. The molecule has 3 rings (SSSR count). The quantitative estimate of drug-likeness (QED) is 0.615. The van der Waals surface area contributed by atoms with Gasteiger partial charge in [-0.25, -0.2) is 0 Å². The van der Waals surface area contributed by atoms with Gasteiger partial charge in [0.15, 0.2) is 0 Å². The molecule has 0 radical (unpaired) electrons. The molecule has 76 valence electrons. The van der Waals surface area contributed by atoms with Crippen molar-refractivity contribution in [1.82, 2.24) is 15.0 Å². The van der Waals surface area contributed by atoms with Gasteiger partial charge >= 0.3 is 0 Å². The van der Waals surface area contributed by atoms with E-state index >= 15 is 0 Å². The first kappa shape index (κ1) is 8.97. The fourth-order valence-electron chi connectivity index (χ4n) is 1.73. The van der Waals surface area contributed by atoms with Crippen LogP contribution in [0.15, 0.2) is 55.1 Å². The number of pyridine rings is 3. The van der Waals surface area contributed by atoms with Crippen LogP contribution in [0.5, 0.6) is 0 Å². The van der Waals surface area contributed by atoms with E-state index < -0.39 is 0 Å². The Balaban J connectivity index is 2.32. The molecule has 16 heavy (non-hydrogen) atoms. The summed E-state index contributed by atoms with van der Waals surface area (Å²) in [6.07, 6.45) is 7.18. The highest BCUT2D eigenvalue weighted by Crippen LogP contribution is 2.24. The van der Waals surface area contributed by atoms with Crippen molar-refractivity contribution in [3.8, 4) is 11.1 Å². The molecule has 0 amide bonds. The van der Waals surface area contributed by atoms with Gasteiger partial charge in [0.1, 0.15) is 0 Å². The van der Waals surface area contributed by atoms with E-state index in [1.54, 1.807) is 18.6 Å². The van der Waals surface area contributed by atoms with E-state index in [1.807, 2.05) is 36.5 Å². The van der Waals surface area contributed by atoms with Crippen LogP contribution in [0.3, 0.4) is 0 Å². The second kappa shape index (κ2) is 3.70. The molecular weight excluding hydrogens is 198 g/mol. The average Bonchev–Trinajstić information content (AvgIpc) is 2.39. The molecule has 0 atom stereocenters. The van der Waals surface area contributed by atoms with E-state index in [0.717, 1.165) is 22.2 Å². The first-order valence-electron chi connectivity index (χ1n) is 5.05. The van der Waals surface area contributed by atoms with E-state index in [4.69, 9.17) is 0 Å². The van der Waals surface area contributed by atoms with Crippen molar-refractivity contribution < 1.29 is 0 Å². The van der Waals surface area contributed by atoms with Crippen LogP contribution >= 0.6 is 0 Å². The number of hydrogen-bond acceptors (Lipinski definition) is 3. The Labute approximate surface area is 92.8 Å². The van der Waals surface area contributed by atoms with Crippen molar-refractivity contribution >= 4 is 11.0 Å². The number of aromatic nitrogens is 3. The summed E-state index contributed by atoms with van der Waals surface area (Å²) in [5, 5.41) is 0. The molecule has 0 bridgehead atoms. The highest BCUT2D eigenvalue weighted by molar-refractivity contribution is 5.90. The Morgan fingerprint density at radius 2 is 1.75 bits per heavy atom. The van der Waals surface area contributed by atoms with Gasteiger partial charge in [0.05, 0.1) is 11.0 Å². The Morgan fingerprint density at radius 1 is 0.812 bits per heavy atom. The van der Waals surface area contributed by atoms with Crippen LogP contribution in [0.2, 0.25) is 0 Å². The van der Waals surface area contributed by atoms with E-state index in [2.05, 4.69) is 15.0 Å². The van der Waals surface area contributed by atoms with Crippen LogP contribution < -0.4 is 0 Å². The second-order valence-electron chi connectivity index (χ2n) is 3.47. The van der Waals surface area contributed by atoms with Crippen molar-refractivity contribution in [3.05, 3.63) is 55.1 Å². The van der Waals surface area contributed by atoms with Crippen molar-refractivity contribution in [1.29, 1.82) is 0 Å². The van der Waals surface area contributed by atoms with Gasteiger partial charge in [-0.1, -0.05) is 6.07 Å². The van der Waals surface area contributed by atoms with Gasteiger partial charge in [0.25, 0.3) is 0 Å². The summed E-state index contributed by atoms with van der Waals surface area (Å²) in [5.41, 5.74) is 3.95. The van der Waals surface area contributed by atoms with Gasteiger partial charge in [0.2, 0.25) is 0 Å². The summed E-state index contributed by atoms with van der Waals surface area (Å²) in [4.78, 5) is 12.8. The lowest BCUT2D eigenvalue weighted by atomic mass is 10.1. The lowest BCUT2D eigenvalue weighted by Crippen LogP contribution is -1.87. The Morgan fingerprint density at radius 3 is 2.62 bits per heavy atom. The van der Waals surface area contributed by atoms with Crippen molar-refractivity contribution in [2.75, 3.05) is 0 Å². The molecule has 3 heterocycles. The number of rotatable bonds is 1. The van der Waals surface area contributed by atoms with Crippen molar-refractivity contribution in [2.45, 2.75) is 0 Å². The maximum absolute atomic E-state index is 4.37. The minimum Gasteiger partial charge on any atom is -0.264 e. The Kier molecular flexibility index (Phi) is 2.07. The molecule has 0 fully saturated rings. The predicted octanol–water partition coefficient (Wildman–Crippen LogP) is 2.69. The molecule has 0 aromatic carbocycles. The first-order chi connectivity index (χ1) is 7.95. The standard InChI is InChI=1S/C13H9N3/c1-3-10(9-14-6-1)11-5-8-15-12-4-2-7-16-13(11)12/h1-9H. The van der Waals surface area contributed by atoms with Gasteiger partial charge in [-0.15, -0.1) is 0 Å². The summed E-state index contributed by atoms with van der Waals surface area (Å²) in [5.74, 6) is 0. The molecule has 0 aliphatic heterocycles. The zero-order valence-electron chi connectivity index (χ0n) is 8.54. The predicted molar refractivity (Wildman–Crippen MR) is 62.8 cm³/mol. The minimum atomic E-state index is 0.906. The van der Waals surface area contributed by atoms with Gasteiger partial charge < -0.3 is 0 Å². The Hall–Kier alpha value is -2.29. The lowest BCUT2D eigenvalue weighted by Gasteiger charge is -2.03. The lowest BCUT2D eigenvalue weighted by molar-refractivity contribution is 1.31. The molecule has 3 nitrogen and oxygen atoms in total. The molecule has 0 unspecified atom stereocenters. The molecule has 3 aromatic rings. The summed E-state index contributed by atoms with van der Waals surface area (Å²) in [6.45, 7) is 0. The molecule has 0 aliphatic carbocycles. The molecule has 0 aliphatic rings. The fourth-order valence-corrected chi connectivity index (χ4v) is 1.73. The Bertz CT molecular complexity index is 615. The van der Waals surface area contributed by atoms with Gasteiger partial charge in [-0.3, -0.25) is 15.0 Å². The monoisotopic (exact) mass is 207 g/mol. The average molecular weight is 207 g/mol. The van der Waals surface area contributed by atoms with Crippen LogP contribution in [0.1, 0.15) is 0 Å². The van der Waals surface area contributed by atoms with Gasteiger partial charge in [0, 0.05) is 35.9 Å². The molecule has 0 spiro atoms. The van der Waals surface area contributed by atoms with E-state index in [1.165, 1.54) is 0 Å². The largest absolute Gasteiger partial charge is 0.264 e. The third-order valence-electron chi connectivity index (χ3n) is 2.47. The summed E-state index contributed by atoms with van der Waals surface area (Å²) >= 11 is 0. The maximum atomic E-state index is 4.37. The number of nitrogens with zero attached hydrogens (tertiary/aromatic N) is 3. The molecular formula is C13H9N3. The van der Waals surface area contributed by atoms with E-state index in [-0.39, 0.29) is 0 Å². The second-order valence-corrected chi connectivity index (χ2v) is 3.47. The minimum absolute atomic E-state index is 0.906. The van der Waals surface area contributed by atoms with E-state index in [9.17, 15) is 0 Å². The van der Waals surface area contributed by atoms with E-state index in [0.29, 0.717) is 0 Å².